The molecule has 8 N–H and O–H groups in total. The third-order valence-electron chi connectivity index (χ3n) is 7.29. The summed E-state index contributed by atoms with van der Waals surface area (Å²) in [6, 6.07) is 29.6. The first-order chi connectivity index (χ1) is 23.4. The normalized spacial score (nSPS) is 10.7. The third kappa shape index (κ3) is 9.26. The van der Waals surface area contributed by atoms with Crippen molar-refractivity contribution in [1.82, 2.24) is 0 Å². The second kappa shape index (κ2) is 15.8. The van der Waals surface area contributed by atoms with E-state index in [1.54, 1.807) is 67.6 Å². The Labute approximate surface area is 281 Å². The number of nitrogens with two attached hydrogens (primary N) is 3. The standard InChI is InChI=1S/C26H27N3O6.C11H8O3/c1-26(14-33-23(30)17-8-2-5-11-20(17)27,15-34-24(31)18-9-3-6-12-21(18)28)16-35-25(32)19-10-4-7-13-22(19)29;12-10-6-8-4-2-1-3-7(8)5-9(10)11(13)14/h2-13H,14-16,27-29H2,1H3;1-6,12H,(H,13,14). The molecule has 0 spiro atoms. The highest BCUT2D eigenvalue weighted by Crippen LogP contribution is 2.25. The highest BCUT2D eigenvalue weighted by molar-refractivity contribution is 5.98. The fourth-order valence-electron chi connectivity index (χ4n) is 4.53. The van der Waals surface area contributed by atoms with Gasteiger partial charge in [0, 0.05) is 17.1 Å². The molecule has 0 unspecified atom stereocenters. The molecule has 0 aromatic heterocycles. The van der Waals surface area contributed by atoms with Crippen molar-refractivity contribution in [3.63, 3.8) is 0 Å². The van der Waals surface area contributed by atoms with Gasteiger partial charge in [-0.05, 0) is 66.2 Å². The van der Waals surface area contributed by atoms with Gasteiger partial charge in [-0.15, -0.1) is 0 Å². The molecule has 0 fully saturated rings. The molecular formula is C37H35N3O9. The van der Waals surface area contributed by atoms with Crippen molar-refractivity contribution in [3.8, 4) is 5.75 Å². The lowest BCUT2D eigenvalue weighted by Crippen LogP contribution is -2.37. The van der Waals surface area contributed by atoms with E-state index in [0.717, 1.165) is 10.8 Å². The van der Waals surface area contributed by atoms with E-state index < -0.39 is 29.3 Å². The lowest BCUT2D eigenvalue weighted by molar-refractivity contribution is -0.0286. The molecule has 0 saturated carbocycles. The van der Waals surface area contributed by atoms with E-state index in [0.29, 0.717) is 0 Å². The summed E-state index contributed by atoms with van der Waals surface area (Å²) in [5.41, 5.74) is 17.8. The van der Waals surface area contributed by atoms with Crippen LogP contribution in [0.4, 0.5) is 17.1 Å². The first-order valence-corrected chi connectivity index (χ1v) is 14.9. The minimum absolute atomic E-state index is 0.0660. The van der Waals surface area contributed by atoms with Crippen LogP contribution in [0.2, 0.25) is 0 Å². The third-order valence-corrected chi connectivity index (χ3v) is 7.29. The number of benzene rings is 5. The van der Waals surface area contributed by atoms with E-state index in [4.69, 9.17) is 36.5 Å². The van der Waals surface area contributed by atoms with E-state index in [-0.39, 0.29) is 64.9 Å². The summed E-state index contributed by atoms with van der Waals surface area (Å²) in [6.07, 6.45) is 0. The van der Waals surface area contributed by atoms with Gasteiger partial charge in [-0.2, -0.15) is 0 Å². The molecule has 0 bridgehead atoms. The van der Waals surface area contributed by atoms with Crippen molar-refractivity contribution >= 4 is 51.7 Å². The van der Waals surface area contributed by atoms with Crippen LogP contribution in [-0.2, 0) is 14.2 Å². The zero-order valence-electron chi connectivity index (χ0n) is 26.5. The Morgan fingerprint density at radius 1 is 0.551 bits per heavy atom. The summed E-state index contributed by atoms with van der Waals surface area (Å²) in [5, 5.41) is 19.8. The second-order valence-corrected chi connectivity index (χ2v) is 11.3. The predicted octanol–water partition coefficient (Wildman–Crippen LogP) is 5.55. The molecule has 12 heteroatoms. The topological polar surface area (TPSA) is 214 Å². The SMILES string of the molecule is CC(COC(=O)c1ccccc1N)(COC(=O)c1ccccc1N)COC(=O)c1ccccc1N.O=C(O)c1cc2ccccc2cc1O. The number of carbonyl (C=O) groups is 4. The Bertz CT molecular complexity index is 1840. The lowest BCUT2D eigenvalue weighted by Gasteiger charge is -2.28. The number of rotatable bonds is 10. The summed E-state index contributed by atoms with van der Waals surface area (Å²) in [6.45, 7) is 0.970. The van der Waals surface area contributed by atoms with Crippen LogP contribution in [0.3, 0.4) is 0 Å². The Balaban J connectivity index is 0.000000319. The number of para-hydroxylation sites is 3. The van der Waals surface area contributed by atoms with Crippen LogP contribution in [0.15, 0.2) is 109 Å². The van der Waals surface area contributed by atoms with E-state index in [9.17, 15) is 24.3 Å². The van der Waals surface area contributed by atoms with Gasteiger partial charge < -0.3 is 41.6 Å². The second-order valence-electron chi connectivity index (χ2n) is 11.3. The van der Waals surface area contributed by atoms with Crippen LogP contribution in [0, 0.1) is 5.41 Å². The number of carboxylic acid groups (broad SMARTS) is 1. The first-order valence-electron chi connectivity index (χ1n) is 14.9. The zero-order chi connectivity index (χ0) is 35.6. The van der Waals surface area contributed by atoms with Gasteiger partial charge in [-0.3, -0.25) is 0 Å². The number of carbonyl (C=O) groups excluding carboxylic acids is 3. The van der Waals surface area contributed by atoms with Gasteiger partial charge in [0.05, 0.1) is 22.1 Å². The molecule has 0 atom stereocenters. The number of hydrogen-bond donors (Lipinski definition) is 5. The highest BCUT2D eigenvalue weighted by atomic mass is 16.6. The molecule has 0 amide bonds. The zero-order valence-corrected chi connectivity index (χ0v) is 26.5. The van der Waals surface area contributed by atoms with Gasteiger partial charge in [0.15, 0.2) is 0 Å². The molecular weight excluding hydrogens is 630 g/mol. The van der Waals surface area contributed by atoms with Crippen molar-refractivity contribution in [2.24, 2.45) is 5.41 Å². The summed E-state index contributed by atoms with van der Waals surface area (Å²) in [4.78, 5) is 48.4. The minimum Gasteiger partial charge on any atom is -0.507 e. The van der Waals surface area contributed by atoms with Crippen molar-refractivity contribution in [2.45, 2.75) is 6.92 Å². The fourth-order valence-corrected chi connectivity index (χ4v) is 4.53. The Morgan fingerprint density at radius 3 is 1.22 bits per heavy atom. The van der Waals surface area contributed by atoms with E-state index in [1.807, 2.05) is 18.2 Å². The summed E-state index contributed by atoms with van der Waals surface area (Å²) in [5.74, 6) is -3.30. The van der Waals surface area contributed by atoms with Gasteiger partial charge in [-0.1, -0.05) is 60.7 Å². The maximum Gasteiger partial charge on any atom is 0.340 e. The van der Waals surface area contributed by atoms with Crippen LogP contribution in [-0.4, -0.2) is 53.9 Å². The predicted molar refractivity (Wildman–Crippen MR) is 184 cm³/mol. The van der Waals surface area contributed by atoms with Gasteiger partial charge >= 0.3 is 23.9 Å². The molecule has 0 heterocycles. The summed E-state index contributed by atoms with van der Waals surface area (Å²) >= 11 is 0. The maximum atomic E-state index is 12.6. The van der Waals surface area contributed by atoms with Crippen LogP contribution >= 0.6 is 0 Å². The molecule has 12 nitrogen and oxygen atoms in total. The molecule has 0 aliphatic heterocycles. The Morgan fingerprint density at radius 2 is 0.878 bits per heavy atom. The monoisotopic (exact) mass is 665 g/mol. The van der Waals surface area contributed by atoms with Gasteiger partial charge in [0.1, 0.15) is 31.1 Å². The number of ether oxygens (including phenoxy) is 3. The van der Waals surface area contributed by atoms with Crippen LogP contribution in [0.1, 0.15) is 48.4 Å². The quantitative estimate of drug-likeness (QED) is 0.0705. The molecule has 49 heavy (non-hydrogen) atoms. The number of nitrogen functional groups attached to an aromatic ring is 3. The number of esters is 3. The van der Waals surface area contributed by atoms with E-state index in [2.05, 4.69) is 0 Å². The molecule has 0 saturated heterocycles. The number of carboxylic acids is 1. The van der Waals surface area contributed by atoms with E-state index in [1.165, 1.54) is 30.3 Å². The number of phenols is 1. The molecule has 5 aromatic rings. The van der Waals surface area contributed by atoms with Crippen LogP contribution < -0.4 is 17.2 Å². The molecule has 5 rings (SSSR count). The molecule has 0 radical (unpaired) electrons. The van der Waals surface area contributed by atoms with Crippen molar-refractivity contribution in [3.05, 3.63) is 131 Å². The van der Waals surface area contributed by atoms with Crippen molar-refractivity contribution in [2.75, 3.05) is 37.0 Å². The Hall–Kier alpha value is -6.56. The number of hydrogen-bond acceptors (Lipinski definition) is 11. The van der Waals surface area contributed by atoms with Gasteiger partial charge in [0.25, 0.3) is 0 Å². The molecule has 0 aliphatic carbocycles. The number of aromatic hydroxyl groups is 1. The van der Waals surface area contributed by atoms with Gasteiger partial charge in [-0.25, -0.2) is 19.2 Å². The minimum atomic E-state index is -1.12. The van der Waals surface area contributed by atoms with Crippen LogP contribution in [0.5, 0.6) is 5.75 Å². The Kier molecular flexibility index (Phi) is 11.4. The number of anilines is 3. The highest BCUT2D eigenvalue weighted by Gasteiger charge is 2.32. The van der Waals surface area contributed by atoms with E-state index >= 15 is 0 Å². The first kappa shape index (κ1) is 35.3. The summed E-state index contributed by atoms with van der Waals surface area (Å²) < 4.78 is 16.3. The maximum absolute atomic E-state index is 12.6. The molecule has 0 aliphatic rings. The molecule has 252 valence electrons. The van der Waals surface area contributed by atoms with Gasteiger partial charge in [0.2, 0.25) is 0 Å². The van der Waals surface area contributed by atoms with Crippen molar-refractivity contribution in [1.29, 1.82) is 0 Å². The fraction of sp³-hybridized carbons (Fsp3) is 0.135. The lowest BCUT2D eigenvalue weighted by atomic mass is 9.94. The summed E-state index contributed by atoms with van der Waals surface area (Å²) in [7, 11) is 0. The smallest absolute Gasteiger partial charge is 0.340 e. The largest absolute Gasteiger partial charge is 0.507 e. The average molecular weight is 666 g/mol. The number of aromatic carboxylic acids is 1. The number of fused-ring (bicyclic) bond motifs is 1. The van der Waals surface area contributed by atoms with Crippen LogP contribution in [0.25, 0.3) is 10.8 Å². The molecule has 5 aromatic carbocycles. The van der Waals surface area contributed by atoms with Crippen molar-refractivity contribution < 1.29 is 43.6 Å². The average Bonchev–Trinajstić information content (AvgIpc) is 3.09.